The fourth-order valence-electron chi connectivity index (χ4n) is 4.10. The zero-order chi connectivity index (χ0) is 28.4. The summed E-state index contributed by atoms with van der Waals surface area (Å²) in [5.74, 6) is 2.58. The molecule has 40 heavy (non-hydrogen) atoms. The molecule has 3 aromatic heterocycles. The normalized spacial score (nSPS) is 11.5. The minimum Gasteiger partial charge on any atom is -0.493 e. The van der Waals surface area contributed by atoms with Crippen molar-refractivity contribution >= 4 is 34.4 Å². The molecule has 0 amide bonds. The first-order valence-electron chi connectivity index (χ1n) is 11.9. The quantitative estimate of drug-likeness (QED) is 0.256. The molecule has 3 heterocycles. The van der Waals surface area contributed by atoms with Crippen molar-refractivity contribution in [3.05, 3.63) is 66.1 Å². The Bertz CT molecular complexity index is 1620. The van der Waals surface area contributed by atoms with E-state index in [2.05, 4.69) is 30.7 Å². The summed E-state index contributed by atoms with van der Waals surface area (Å²) >= 11 is 0. The first-order chi connectivity index (χ1) is 19.2. The van der Waals surface area contributed by atoms with E-state index in [0.717, 1.165) is 12.1 Å². The summed E-state index contributed by atoms with van der Waals surface area (Å²) in [6.07, 6.45) is -1.22. The number of nitrogens with one attached hydrogen (secondary N) is 2. The summed E-state index contributed by atoms with van der Waals surface area (Å²) in [4.78, 5) is 13.8. The van der Waals surface area contributed by atoms with Crippen LogP contribution in [0.5, 0.6) is 17.2 Å². The highest BCUT2D eigenvalue weighted by Gasteiger charge is 2.30. The number of fused-ring (bicyclic) bond motifs is 1. The van der Waals surface area contributed by atoms with Crippen molar-refractivity contribution in [3.63, 3.8) is 0 Å². The molecule has 11 nitrogen and oxygen atoms in total. The second-order valence-electron chi connectivity index (χ2n) is 8.64. The van der Waals surface area contributed by atoms with Crippen molar-refractivity contribution in [2.24, 2.45) is 7.05 Å². The van der Waals surface area contributed by atoms with Gasteiger partial charge in [0.1, 0.15) is 5.82 Å². The maximum atomic E-state index is 13.0. The summed E-state index contributed by atoms with van der Waals surface area (Å²) in [7, 11) is 6.32. The average molecular weight is 555 g/mol. The Morgan fingerprint density at radius 1 is 0.900 bits per heavy atom. The molecule has 2 aromatic carbocycles. The summed E-state index contributed by atoms with van der Waals surface area (Å²) in [5.41, 5.74) is 1.41. The van der Waals surface area contributed by atoms with Crippen LogP contribution in [0.2, 0.25) is 0 Å². The Morgan fingerprint density at radius 3 is 2.17 bits per heavy atom. The van der Waals surface area contributed by atoms with E-state index >= 15 is 0 Å². The summed E-state index contributed by atoms with van der Waals surface area (Å²) in [6, 6.07) is 10.2. The van der Waals surface area contributed by atoms with Gasteiger partial charge in [-0.1, -0.05) is 12.1 Å². The van der Waals surface area contributed by atoms with Crippen molar-refractivity contribution in [2.75, 3.05) is 32.0 Å². The molecule has 0 atom stereocenters. The Labute approximate surface area is 226 Å². The van der Waals surface area contributed by atoms with Gasteiger partial charge < -0.3 is 29.4 Å². The van der Waals surface area contributed by atoms with E-state index in [4.69, 9.17) is 14.2 Å². The van der Waals surface area contributed by atoms with Crippen LogP contribution in [0, 0.1) is 0 Å². The number of ether oxygens (including phenoxy) is 3. The van der Waals surface area contributed by atoms with Crippen LogP contribution < -0.4 is 24.8 Å². The fraction of sp³-hybridized carbons (Fsp3) is 0.231. The minimum atomic E-state index is -4.41. The van der Waals surface area contributed by atoms with Crippen molar-refractivity contribution < 1.29 is 27.4 Å². The van der Waals surface area contributed by atoms with Crippen LogP contribution >= 0.6 is 0 Å². The number of rotatable bonds is 9. The van der Waals surface area contributed by atoms with Crippen LogP contribution in [0.4, 0.5) is 36.4 Å². The average Bonchev–Trinajstić information content (AvgIpc) is 3.53. The lowest BCUT2D eigenvalue weighted by molar-refractivity contribution is -0.137. The van der Waals surface area contributed by atoms with Crippen molar-refractivity contribution in [3.8, 4) is 17.2 Å². The van der Waals surface area contributed by atoms with E-state index in [9.17, 15) is 13.2 Å². The second-order valence-corrected chi connectivity index (χ2v) is 8.64. The third-order valence-electron chi connectivity index (χ3n) is 6.09. The summed E-state index contributed by atoms with van der Waals surface area (Å²) < 4.78 is 58.7. The van der Waals surface area contributed by atoms with Crippen molar-refractivity contribution in [1.82, 2.24) is 29.3 Å². The third-order valence-corrected chi connectivity index (χ3v) is 6.09. The van der Waals surface area contributed by atoms with Crippen LogP contribution in [0.15, 0.2) is 55.0 Å². The topological polar surface area (TPSA) is 113 Å². The Morgan fingerprint density at radius 2 is 1.60 bits per heavy atom. The number of nitrogens with zero attached hydrogens (tertiary/aromatic N) is 6. The first-order valence-corrected chi connectivity index (χ1v) is 11.9. The van der Waals surface area contributed by atoms with Crippen LogP contribution in [0.1, 0.15) is 11.1 Å². The molecule has 2 N–H and O–H groups in total. The number of hydrogen-bond acceptors (Lipinski definition) is 9. The molecular weight excluding hydrogens is 529 g/mol. The maximum absolute atomic E-state index is 13.0. The van der Waals surface area contributed by atoms with Crippen molar-refractivity contribution in [2.45, 2.75) is 12.7 Å². The van der Waals surface area contributed by atoms with Gasteiger partial charge in [-0.05, 0) is 17.7 Å². The highest BCUT2D eigenvalue weighted by atomic mass is 19.4. The number of aryl methyl sites for hydroxylation is 1. The first kappa shape index (κ1) is 26.6. The molecule has 208 valence electrons. The van der Waals surface area contributed by atoms with Crippen LogP contribution in [-0.2, 0) is 19.8 Å². The molecule has 0 radical (unpaired) electrons. The monoisotopic (exact) mass is 554 g/mol. The van der Waals surface area contributed by atoms with Gasteiger partial charge in [0.05, 0.1) is 46.0 Å². The van der Waals surface area contributed by atoms with Gasteiger partial charge in [-0.15, -0.1) is 0 Å². The third kappa shape index (κ3) is 5.28. The Kier molecular flexibility index (Phi) is 7.07. The van der Waals surface area contributed by atoms with Crippen molar-refractivity contribution in [1.29, 1.82) is 0 Å². The lowest BCUT2D eigenvalue weighted by Gasteiger charge is -2.15. The van der Waals surface area contributed by atoms with Gasteiger partial charge >= 0.3 is 6.18 Å². The predicted molar refractivity (Wildman–Crippen MR) is 142 cm³/mol. The molecular formula is C26H25F3N8O3. The predicted octanol–water partition coefficient (Wildman–Crippen LogP) is 5.14. The van der Waals surface area contributed by atoms with Gasteiger partial charge in [-0.3, -0.25) is 4.68 Å². The molecule has 0 saturated heterocycles. The van der Waals surface area contributed by atoms with Gasteiger partial charge in [0.25, 0.3) is 0 Å². The number of benzene rings is 2. The highest BCUT2D eigenvalue weighted by Crippen LogP contribution is 2.41. The van der Waals surface area contributed by atoms with E-state index in [-0.39, 0.29) is 12.5 Å². The number of imidazole rings is 1. The molecule has 0 aliphatic rings. The minimum absolute atomic E-state index is 0.237. The van der Waals surface area contributed by atoms with E-state index < -0.39 is 11.7 Å². The highest BCUT2D eigenvalue weighted by molar-refractivity contribution is 5.87. The number of anilines is 4. The number of alkyl halides is 3. The number of methoxy groups -OCH3 is 3. The van der Waals surface area contributed by atoms with Crippen LogP contribution in [0.3, 0.4) is 0 Å². The van der Waals surface area contributed by atoms with Gasteiger partial charge in [0, 0.05) is 30.9 Å². The lowest BCUT2D eigenvalue weighted by atomic mass is 10.1. The summed E-state index contributed by atoms with van der Waals surface area (Å²) in [5, 5.41) is 10.5. The van der Waals surface area contributed by atoms with E-state index in [1.54, 1.807) is 47.0 Å². The molecule has 0 aliphatic heterocycles. The Balaban J connectivity index is 1.56. The standard InChI is InChI=1S/C26H25F3N8O3/c1-36-20(9-10-31-36)33-25-34-23(32-17-11-18(38-2)22(40-4)19(12-17)39-3)21-24(35-25)37(14-30-21)13-15-5-7-16(8-6-15)26(27,28)29/h5-12,14H,13H2,1-4H3,(H2,32,33,34,35). The number of halogens is 3. The van der Waals surface area contributed by atoms with E-state index in [1.807, 2.05) is 0 Å². The largest absolute Gasteiger partial charge is 0.493 e. The molecule has 14 heteroatoms. The van der Waals surface area contributed by atoms with E-state index in [1.165, 1.54) is 33.5 Å². The number of hydrogen-bond donors (Lipinski definition) is 2. The maximum Gasteiger partial charge on any atom is 0.416 e. The molecule has 0 fully saturated rings. The molecule has 0 aliphatic carbocycles. The zero-order valence-corrected chi connectivity index (χ0v) is 21.9. The molecule has 5 aromatic rings. The van der Waals surface area contributed by atoms with Crippen LogP contribution in [0.25, 0.3) is 11.2 Å². The fourth-order valence-corrected chi connectivity index (χ4v) is 4.10. The molecule has 0 unspecified atom stereocenters. The van der Waals surface area contributed by atoms with Gasteiger partial charge in [0.2, 0.25) is 11.7 Å². The zero-order valence-electron chi connectivity index (χ0n) is 21.9. The molecule has 0 saturated carbocycles. The molecule has 0 spiro atoms. The van der Waals surface area contributed by atoms with E-state index in [0.29, 0.717) is 51.3 Å². The SMILES string of the molecule is COc1cc(Nc2nc(Nc3ccnn3C)nc3c2ncn3Cc2ccc(C(F)(F)F)cc2)cc(OC)c1OC. The molecule has 0 bridgehead atoms. The summed E-state index contributed by atoms with van der Waals surface area (Å²) in [6.45, 7) is 0.237. The lowest BCUT2D eigenvalue weighted by Crippen LogP contribution is -2.08. The van der Waals surface area contributed by atoms with Gasteiger partial charge in [0.15, 0.2) is 28.5 Å². The smallest absolute Gasteiger partial charge is 0.416 e. The van der Waals surface area contributed by atoms with Gasteiger partial charge in [-0.25, -0.2) is 4.98 Å². The Hall–Kier alpha value is -5.01. The van der Waals surface area contributed by atoms with Gasteiger partial charge in [-0.2, -0.15) is 28.2 Å². The second kappa shape index (κ2) is 10.6. The molecule has 5 rings (SSSR count). The number of aromatic nitrogens is 6. The van der Waals surface area contributed by atoms with Crippen LogP contribution in [-0.4, -0.2) is 50.6 Å².